The lowest BCUT2D eigenvalue weighted by molar-refractivity contribution is -0.122. The number of carbonyl (C=O) groups excluding carboxylic acids is 1. The van der Waals surface area contributed by atoms with E-state index in [2.05, 4.69) is 24.5 Å². The predicted octanol–water partition coefficient (Wildman–Crippen LogP) is 7.88. The SMILES string of the molecule is CCCCCCCCCCCCCCCCCCCCCC(=O)NC(CC)NC. The zero-order valence-corrected chi connectivity index (χ0v) is 20.3. The van der Waals surface area contributed by atoms with Gasteiger partial charge < -0.3 is 10.6 Å². The first-order valence-corrected chi connectivity index (χ1v) is 13.2. The van der Waals surface area contributed by atoms with E-state index < -0.39 is 0 Å². The Hall–Kier alpha value is -0.570. The minimum Gasteiger partial charge on any atom is -0.341 e. The Labute approximate surface area is 183 Å². The molecule has 1 amide bonds. The minimum absolute atomic E-state index is 0.128. The molecule has 0 saturated heterocycles. The van der Waals surface area contributed by atoms with Gasteiger partial charge in [0.05, 0.1) is 6.17 Å². The second kappa shape index (κ2) is 23.7. The molecule has 0 rings (SSSR count). The highest BCUT2D eigenvalue weighted by Gasteiger charge is 2.06. The zero-order chi connectivity index (χ0) is 21.4. The first kappa shape index (κ1) is 28.4. The fourth-order valence-electron chi connectivity index (χ4n) is 4.01. The second-order valence-corrected chi connectivity index (χ2v) is 8.93. The second-order valence-electron chi connectivity index (χ2n) is 8.93. The zero-order valence-electron chi connectivity index (χ0n) is 20.3. The van der Waals surface area contributed by atoms with Gasteiger partial charge in [-0.15, -0.1) is 0 Å². The van der Waals surface area contributed by atoms with Gasteiger partial charge in [-0.2, -0.15) is 0 Å². The molecule has 2 N–H and O–H groups in total. The van der Waals surface area contributed by atoms with Crippen molar-refractivity contribution in [1.29, 1.82) is 0 Å². The molecule has 0 aliphatic heterocycles. The van der Waals surface area contributed by atoms with Gasteiger partial charge in [-0.3, -0.25) is 4.79 Å². The third-order valence-corrected chi connectivity index (χ3v) is 6.10. The molecule has 0 aliphatic carbocycles. The number of hydrogen-bond acceptors (Lipinski definition) is 2. The fraction of sp³-hybridized carbons (Fsp3) is 0.962. The van der Waals surface area contributed by atoms with Crippen LogP contribution in [-0.4, -0.2) is 19.1 Å². The Bertz CT molecular complexity index is 329. The van der Waals surface area contributed by atoms with Crippen molar-refractivity contribution in [2.24, 2.45) is 0 Å². The van der Waals surface area contributed by atoms with Gasteiger partial charge in [0.1, 0.15) is 0 Å². The number of rotatable bonds is 23. The van der Waals surface area contributed by atoms with E-state index in [0.29, 0.717) is 6.42 Å². The highest BCUT2D eigenvalue weighted by molar-refractivity contribution is 5.76. The molecule has 0 aromatic heterocycles. The summed E-state index contributed by atoms with van der Waals surface area (Å²) in [5.74, 6) is 0.193. The average molecular weight is 411 g/mol. The molecule has 0 aromatic carbocycles. The summed E-state index contributed by atoms with van der Waals surface area (Å²) in [5.41, 5.74) is 0. The topological polar surface area (TPSA) is 41.1 Å². The predicted molar refractivity (Wildman–Crippen MR) is 129 cm³/mol. The van der Waals surface area contributed by atoms with Crippen LogP contribution in [0.5, 0.6) is 0 Å². The minimum atomic E-state index is 0.128. The smallest absolute Gasteiger partial charge is 0.221 e. The van der Waals surface area contributed by atoms with E-state index in [-0.39, 0.29) is 12.1 Å². The van der Waals surface area contributed by atoms with Crippen LogP contribution in [0.25, 0.3) is 0 Å². The quantitative estimate of drug-likeness (QED) is 0.133. The van der Waals surface area contributed by atoms with Gasteiger partial charge in [0, 0.05) is 6.42 Å². The van der Waals surface area contributed by atoms with E-state index in [1.54, 1.807) is 0 Å². The lowest BCUT2D eigenvalue weighted by atomic mass is 10.0. The van der Waals surface area contributed by atoms with Gasteiger partial charge in [-0.05, 0) is 19.9 Å². The van der Waals surface area contributed by atoms with Crippen LogP contribution in [0.3, 0.4) is 0 Å². The molecule has 3 heteroatoms. The molecule has 0 aliphatic rings. The van der Waals surface area contributed by atoms with Crippen molar-refractivity contribution in [3.05, 3.63) is 0 Å². The molecular formula is C26H54N2O. The summed E-state index contributed by atoms with van der Waals surface area (Å²) in [4.78, 5) is 11.8. The summed E-state index contributed by atoms with van der Waals surface area (Å²) in [6.07, 6.45) is 28.1. The van der Waals surface area contributed by atoms with Crippen LogP contribution in [0.15, 0.2) is 0 Å². The average Bonchev–Trinajstić information content (AvgIpc) is 2.73. The van der Waals surface area contributed by atoms with Crippen LogP contribution in [0.4, 0.5) is 0 Å². The molecule has 1 unspecified atom stereocenters. The fourth-order valence-corrected chi connectivity index (χ4v) is 4.01. The molecule has 0 radical (unpaired) electrons. The summed E-state index contributed by atoms with van der Waals surface area (Å²) in [5, 5.41) is 6.14. The lowest BCUT2D eigenvalue weighted by Gasteiger charge is -2.15. The van der Waals surface area contributed by atoms with Crippen molar-refractivity contribution in [1.82, 2.24) is 10.6 Å². The highest BCUT2D eigenvalue weighted by atomic mass is 16.1. The molecule has 3 nitrogen and oxygen atoms in total. The molecule has 0 heterocycles. The lowest BCUT2D eigenvalue weighted by Crippen LogP contribution is -2.43. The largest absolute Gasteiger partial charge is 0.341 e. The first-order valence-electron chi connectivity index (χ1n) is 13.2. The summed E-state index contributed by atoms with van der Waals surface area (Å²) in [6.45, 7) is 4.37. The molecule has 0 fully saturated rings. The van der Waals surface area contributed by atoms with E-state index in [9.17, 15) is 4.79 Å². The van der Waals surface area contributed by atoms with Crippen molar-refractivity contribution in [3.8, 4) is 0 Å². The van der Waals surface area contributed by atoms with Crippen LogP contribution in [0.1, 0.15) is 149 Å². The molecule has 0 bridgehead atoms. The van der Waals surface area contributed by atoms with Crippen molar-refractivity contribution >= 4 is 5.91 Å². The van der Waals surface area contributed by atoms with E-state index in [1.165, 1.54) is 116 Å². The van der Waals surface area contributed by atoms with Crippen LogP contribution in [-0.2, 0) is 4.79 Å². The third kappa shape index (κ3) is 21.9. The van der Waals surface area contributed by atoms with Crippen molar-refractivity contribution < 1.29 is 4.79 Å². The number of carbonyl (C=O) groups is 1. The van der Waals surface area contributed by atoms with Crippen LogP contribution < -0.4 is 10.6 Å². The van der Waals surface area contributed by atoms with E-state index in [0.717, 1.165) is 12.8 Å². The van der Waals surface area contributed by atoms with Crippen molar-refractivity contribution in [3.63, 3.8) is 0 Å². The molecule has 0 aromatic rings. The maximum absolute atomic E-state index is 11.8. The van der Waals surface area contributed by atoms with Gasteiger partial charge >= 0.3 is 0 Å². The Kier molecular flexibility index (Phi) is 23.2. The molecule has 174 valence electrons. The highest BCUT2D eigenvalue weighted by Crippen LogP contribution is 2.14. The molecule has 0 spiro atoms. The van der Waals surface area contributed by atoms with Gasteiger partial charge in [0.2, 0.25) is 5.91 Å². The maximum atomic E-state index is 11.8. The molecule has 29 heavy (non-hydrogen) atoms. The van der Waals surface area contributed by atoms with E-state index >= 15 is 0 Å². The van der Waals surface area contributed by atoms with Crippen LogP contribution >= 0.6 is 0 Å². The number of nitrogens with one attached hydrogen (secondary N) is 2. The Morgan fingerprint density at radius 1 is 0.586 bits per heavy atom. The number of amides is 1. The van der Waals surface area contributed by atoms with Crippen molar-refractivity contribution in [2.75, 3.05) is 7.05 Å². The summed E-state index contributed by atoms with van der Waals surface area (Å²) < 4.78 is 0. The first-order chi connectivity index (χ1) is 14.2. The standard InChI is InChI=1S/C26H54N2O/c1-4-6-7-8-9-10-11-12-13-14-15-16-17-18-19-20-21-22-23-24-26(29)28-25(5-2)27-3/h25,27H,4-24H2,1-3H3,(H,28,29). The van der Waals surface area contributed by atoms with Crippen LogP contribution in [0.2, 0.25) is 0 Å². The van der Waals surface area contributed by atoms with E-state index in [4.69, 9.17) is 0 Å². The van der Waals surface area contributed by atoms with E-state index in [1.807, 2.05) is 7.05 Å². The number of hydrogen-bond donors (Lipinski definition) is 2. The maximum Gasteiger partial charge on any atom is 0.221 e. The monoisotopic (exact) mass is 410 g/mol. The van der Waals surface area contributed by atoms with Gasteiger partial charge in [0.15, 0.2) is 0 Å². The number of unbranched alkanes of at least 4 members (excludes halogenated alkanes) is 18. The van der Waals surface area contributed by atoms with Crippen LogP contribution in [0, 0.1) is 0 Å². The van der Waals surface area contributed by atoms with Gasteiger partial charge in [0.25, 0.3) is 0 Å². The molecular weight excluding hydrogens is 356 g/mol. The van der Waals surface area contributed by atoms with Gasteiger partial charge in [-0.1, -0.05) is 129 Å². The third-order valence-electron chi connectivity index (χ3n) is 6.10. The molecule has 1 atom stereocenters. The summed E-state index contributed by atoms with van der Waals surface area (Å²) in [7, 11) is 1.89. The molecule has 0 saturated carbocycles. The Morgan fingerprint density at radius 3 is 1.24 bits per heavy atom. The van der Waals surface area contributed by atoms with Crippen molar-refractivity contribution in [2.45, 2.75) is 155 Å². The summed E-state index contributed by atoms with van der Waals surface area (Å²) >= 11 is 0. The normalized spacial score (nSPS) is 12.2. The Morgan fingerprint density at radius 2 is 0.931 bits per heavy atom. The summed E-state index contributed by atoms with van der Waals surface area (Å²) in [6, 6.07) is 0. The Balaban J connectivity index is 3.14. The van der Waals surface area contributed by atoms with Gasteiger partial charge in [-0.25, -0.2) is 0 Å².